The summed E-state index contributed by atoms with van der Waals surface area (Å²) in [6, 6.07) is 10.3. The van der Waals surface area contributed by atoms with Crippen LogP contribution >= 0.6 is 22.9 Å². The van der Waals surface area contributed by atoms with Gasteiger partial charge in [-0.05, 0) is 36.6 Å². The van der Waals surface area contributed by atoms with Gasteiger partial charge in [0.2, 0.25) is 0 Å². The van der Waals surface area contributed by atoms with E-state index in [0.29, 0.717) is 16.5 Å². The molecule has 22 heavy (non-hydrogen) atoms. The molecule has 0 amide bonds. The molecule has 3 aromatic rings. The van der Waals surface area contributed by atoms with Crippen LogP contribution in [0.5, 0.6) is 0 Å². The lowest BCUT2D eigenvalue weighted by Gasteiger charge is -2.09. The Bertz CT molecular complexity index is 786. The number of esters is 1. The van der Waals surface area contributed by atoms with Gasteiger partial charge in [-0.1, -0.05) is 23.7 Å². The van der Waals surface area contributed by atoms with E-state index in [9.17, 15) is 4.79 Å². The highest BCUT2D eigenvalue weighted by Gasteiger charge is 2.20. The van der Waals surface area contributed by atoms with Gasteiger partial charge in [-0.3, -0.25) is 0 Å². The van der Waals surface area contributed by atoms with Crippen molar-refractivity contribution in [3.05, 3.63) is 58.3 Å². The molecule has 2 heterocycles. The van der Waals surface area contributed by atoms with Crippen LogP contribution in [0.4, 0.5) is 0 Å². The fourth-order valence-electron chi connectivity index (χ4n) is 1.79. The van der Waals surface area contributed by atoms with Gasteiger partial charge < -0.3 is 9.15 Å². The molecule has 1 aromatic carbocycles. The van der Waals surface area contributed by atoms with E-state index in [1.807, 2.05) is 17.5 Å². The number of aromatic nitrogens is 2. The third-order valence-electron chi connectivity index (χ3n) is 2.86. The van der Waals surface area contributed by atoms with Crippen LogP contribution in [0.3, 0.4) is 0 Å². The molecule has 0 aliphatic heterocycles. The van der Waals surface area contributed by atoms with E-state index in [4.69, 9.17) is 20.8 Å². The fraction of sp³-hybridized carbons (Fsp3) is 0.133. The number of hydrogen-bond acceptors (Lipinski definition) is 6. The number of rotatable bonds is 4. The Morgan fingerprint density at radius 2 is 2.18 bits per heavy atom. The number of ether oxygens (including phenoxy) is 1. The molecule has 0 aliphatic carbocycles. The second-order valence-corrected chi connectivity index (χ2v) is 5.86. The quantitative estimate of drug-likeness (QED) is 0.663. The minimum Gasteiger partial charge on any atom is -0.449 e. The predicted molar refractivity (Wildman–Crippen MR) is 82.9 cm³/mol. The lowest BCUT2D eigenvalue weighted by Crippen LogP contribution is -2.09. The Morgan fingerprint density at radius 1 is 1.32 bits per heavy atom. The molecule has 112 valence electrons. The van der Waals surface area contributed by atoms with Crippen LogP contribution in [-0.4, -0.2) is 16.2 Å². The van der Waals surface area contributed by atoms with E-state index >= 15 is 0 Å². The van der Waals surface area contributed by atoms with Crippen LogP contribution in [0.25, 0.3) is 10.8 Å². The standard InChI is InChI=1S/C15H11ClN2O3S/c1-9(20-15(19)10-4-2-5-11(16)8-10)13-17-18-14(21-13)12-6-3-7-22-12/h2-9H,1H3/t9-/m1/s1. The minimum absolute atomic E-state index is 0.249. The Labute approximate surface area is 135 Å². The van der Waals surface area contributed by atoms with Crippen molar-refractivity contribution in [2.75, 3.05) is 0 Å². The highest BCUT2D eigenvalue weighted by Crippen LogP contribution is 2.26. The number of carbonyl (C=O) groups excluding carboxylic acids is 1. The van der Waals surface area contributed by atoms with Gasteiger partial charge >= 0.3 is 5.97 Å². The average molecular weight is 335 g/mol. The molecule has 0 fully saturated rings. The highest BCUT2D eigenvalue weighted by atomic mass is 35.5. The van der Waals surface area contributed by atoms with E-state index < -0.39 is 12.1 Å². The van der Waals surface area contributed by atoms with Crippen molar-refractivity contribution in [1.82, 2.24) is 10.2 Å². The highest BCUT2D eigenvalue weighted by molar-refractivity contribution is 7.13. The van der Waals surface area contributed by atoms with Crippen molar-refractivity contribution in [2.45, 2.75) is 13.0 Å². The van der Waals surface area contributed by atoms with Crippen LogP contribution in [0, 0.1) is 0 Å². The number of nitrogens with zero attached hydrogens (tertiary/aromatic N) is 2. The fourth-order valence-corrected chi connectivity index (χ4v) is 2.63. The SMILES string of the molecule is C[C@@H](OC(=O)c1cccc(Cl)c1)c1nnc(-c2cccs2)o1. The smallest absolute Gasteiger partial charge is 0.338 e. The van der Waals surface area contributed by atoms with Crippen molar-refractivity contribution >= 4 is 28.9 Å². The number of halogens is 1. The lowest BCUT2D eigenvalue weighted by molar-refractivity contribution is 0.0280. The second-order valence-electron chi connectivity index (χ2n) is 4.48. The Balaban J connectivity index is 1.72. The monoisotopic (exact) mass is 334 g/mol. The molecule has 0 aliphatic rings. The normalized spacial score (nSPS) is 12.1. The molecule has 3 rings (SSSR count). The predicted octanol–water partition coefficient (Wildman–Crippen LogP) is 4.37. The van der Waals surface area contributed by atoms with Gasteiger partial charge in [0, 0.05) is 5.02 Å². The summed E-state index contributed by atoms with van der Waals surface area (Å²) < 4.78 is 10.9. The summed E-state index contributed by atoms with van der Waals surface area (Å²) in [6.45, 7) is 1.67. The van der Waals surface area contributed by atoms with Crippen LogP contribution in [0.2, 0.25) is 5.02 Å². The number of benzene rings is 1. The topological polar surface area (TPSA) is 65.2 Å². The molecule has 0 saturated heterocycles. The first-order chi connectivity index (χ1) is 10.6. The first-order valence-corrected chi connectivity index (χ1v) is 7.73. The van der Waals surface area contributed by atoms with Gasteiger partial charge in [-0.2, -0.15) is 0 Å². The van der Waals surface area contributed by atoms with E-state index in [2.05, 4.69) is 10.2 Å². The molecule has 1 atom stereocenters. The summed E-state index contributed by atoms with van der Waals surface area (Å²) in [6.07, 6.45) is -0.646. The molecule has 2 aromatic heterocycles. The second kappa shape index (κ2) is 6.29. The average Bonchev–Trinajstić information content (AvgIpc) is 3.18. The van der Waals surface area contributed by atoms with Gasteiger partial charge in [-0.25, -0.2) is 4.79 Å². The van der Waals surface area contributed by atoms with E-state index in [-0.39, 0.29) is 5.89 Å². The summed E-state index contributed by atoms with van der Waals surface area (Å²) in [5.74, 6) is 0.167. The Morgan fingerprint density at radius 3 is 2.91 bits per heavy atom. The molecular weight excluding hydrogens is 324 g/mol. The summed E-state index contributed by atoms with van der Waals surface area (Å²) in [5.41, 5.74) is 0.373. The number of carbonyl (C=O) groups is 1. The number of hydrogen-bond donors (Lipinski definition) is 0. The lowest BCUT2D eigenvalue weighted by atomic mass is 10.2. The van der Waals surface area contributed by atoms with Gasteiger partial charge in [0.1, 0.15) is 0 Å². The molecule has 0 bridgehead atoms. The van der Waals surface area contributed by atoms with E-state index in [0.717, 1.165) is 4.88 Å². The zero-order valence-electron chi connectivity index (χ0n) is 11.5. The van der Waals surface area contributed by atoms with Crippen molar-refractivity contribution in [2.24, 2.45) is 0 Å². The third kappa shape index (κ3) is 3.18. The van der Waals surface area contributed by atoms with Gasteiger partial charge in [0.05, 0.1) is 10.4 Å². The first kappa shape index (κ1) is 14.7. The summed E-state index contributed by atoms with van der Waals surface area (Å²) in [5, 5.41) is 10.3. The largest absolute Gasteiger partial charge is 0.449 e. The molecule has 0 N–H and O–H groups in total. The third-order valence-corrected chi connectivity index (χ3v) is 3.96. The van der Waals surface area contributed by atoms with Crippen molar-refractivity contribution in [3.63, 3.8) is 0 Å². The minimum atomic E-state index is -0.646. The van der Waals surface area contributed by atoms with Crippen LogP contribution in [0.15, 0.2) is 46.2 Å². The zero-order valence-corrected chi connectivity index (χ0v) is 13.1. The summed E-state index contributed by atoms with van der Waals surface area (Å²) in [7, 11) is 0. The van der Waals surface area contributed by atoms with Crippen LogP contribution in [-0.2, 0) is 4.74 Å². The van der Waals surface area contributed by atoms with Crippen LogP contribution < -0.4 is 0 Å². The maximum absolute atomic E-state index is 12.0. The van der Waals surface area contributed by atoms with Gasteiger partial charge in [-0.15, -0.1) is 21.5 Å². The maximum Gasteiger partial charge on any atom is 0.338 e. The molecular formula is C15H11ClN2O3S. The zero-order chi connectivity index (χ0) is 15.5. The molecule has 0 unspecified atom stereocenters. The molecule has 0 saturated carbocycles. The Kier molecular flexibility index (Phi) is 4.22. The van der Waals surface area contributed by atoms with Crippen molar-refractivity contribution < 1.29 is 13.9 Å². The Hall–Kier alpha value is -2.18. The van der Waals surface area contributed by atoms with E-state index in [1.165, 1.54) is 11.3 Å². The van der Waals surface area contributed by atoms with Crippen molar-refractivity contribution in [3.8, 4) is 10.8 Å². The summed E-state index contributed by atoms with van der Waals surface area (Å²) >= 11 is 7.35. The summed E-state index contributed by atoms with van der Waals surface area (Å²) in [4.78, 5) is 12.9. The maximum atomic E-state index is 12.0. The number of thiophene rings is 1. The van der Waals surface area contributed by atoms with E-state index in [1.54, 1.807) is 31.2 Å². The molecule has 5 nitrogen and oxygen atoms in total. The molecule has 0 spiro atoms. The van der Waals surface area contributed by atoms with Crippen LogP contribution in [0.1, 0.15) is 29.3 Å². The van der Waals surface area contributed by atoms with Gasteiger partial charge in [0.25, 0.3) is 11.8 Å². The van der Waals surface area contributed by atoms with Crippen molar-refractivity contribution in [1.29, 1.82) is 0 Å². The molecule has 7 heteroatoms. The van der Waals surface area contributed by atoms with Gasteiger partial charge in [0.15, 0.2) is 6.10 Å². The first-order valence-electron chi connectivity index (χ1n) is 6.47. The molecule has 0 radical (unpaired) electrons.